The van der Waals surface area contributed by atoms with Crippen molar-refractivity contribution in [3.63, 3.8) is 0 Å². The Morgan fingerprint density at radius 2 is 1.79 bits per heavy atom. The van der Waals surface area contributed by atoms with Gasteiger partial charge in [0.15, 0.2) is 0 Å². The van der Waals surface area contributed by atoms with Gasteiger partial charge in [0.2, 0.25) is 11.8 Å². The summed E-state index contributed by atoms with van der Waals surface area (Å²) in [7, 11) is 0. The molecule has 0 aliphatic carbocycles. The number of benzene rings is 2. The van der Waals surface area contributed by atoms with Crippen LogP contribution in [0.25, 0.3) is 10.9 Å². The molecule has 3 aromatic rings. The maximum atomic E-state index is 12.8. The summed E-state index contributed by atoms with van der Waals surface area (Å²) in [6.07, 6.45) is 2.31. The molecule has 3 N–H and O–H groups in total. The number of carbonyl (C=O) groups is 2. The van der Waals surface area contributed by atoms with Crippen molar-refractivity contribution in [3.05, 3.63) is 71.4 Å². The van der Waals surface area contributed by atoms with E-state index in [1.807, 2.05) is 61.7 Å². The molecule has 1 unspecified atom stereocenters. The van der Waals surface area contributed by atoms with Crippen LogP contribution in [-0.2, 0) is 33.9 Å². The van der Waals surface area contributed by atoms with Crippen LogP contribution in [0.3, 0.4) is 0 Å². The summed E-state index contributed by atoms with van der Waals surface area (Å²) in [4.78, 5) is 27.6. The van der Waals surface area contributed by atoms with Gasteiger partial charge < -0.3 is 20.4 Å². The average Bonchev–Trinajstić information content (AvgIpc) is 3.13. The van der Waals surface area contributed by atoms with Crippen LogP contribution < -0.4 is 10.6 Å². The zero-order chi connectivity index (χ0) is 20.6. The minimum Gasteiger partial charge on any atom is -0.377 e. The van der Waals surface area contributed by atoms with Gasteiger partial charge >= 0.3 is 0 Å². The maximum Gasteiger partial charge on any atom is 0.243 e. The molecule has 3 rings (SSSR count). The summed E-state index contributed by atoms with van der Waals surface area (Å²) in [5.41, 5.74) is 4.09. The highest BCUT2D eigenvalue weighted by molar-refractivity contribution is 5.89. The average molecular weight is 393 g/mol. The number of carbonyl (C=O) groups excluding carboxylic acids is 2. The zero-order valence-electron chi connectivity index (χ0n) is 16.8. The van der Waals surface area contributed by atoms with Crippen LogP contribution in [0, 0.1) is 0 Å². The third kappa shape index (κ3) is 5.68. The number of aromatic nitrogens is 1. The zero-order valence-corrected chi connectivity index (χ0v) is 16.8. The van der Waals surface area contributed by atoms with Gasteiger partial charge in [-0.2, -0.15) is 0 Å². The number of fused-ring (bicyclic) bond motifs is 1. The first kappa shape index (κ1) is 20.6. The summed E-state index contributed by atoms with van der Waals surface area (Å²) in [6, 6.07) is 15.2. The van der Waals surface area contributed by atoms with Gasteiger partial charge in [0.25, 0.3) is 0 Å². The molecule has 1 atom stereocenters. The van der Waals surface area contributed by atoms with Gasteiger partial charge in [-0.3, -0.25) is 9.59 Å². The normalized spacial score (nSPS) is 11.9. The molecule has 29 heavy (non-hydrogen) atoms. The molecule has 0 bridgehead atoms. The van der Waals surface area contributed by atoms with E-state index in [-0.39, 0.29) is 11.8 Å². The Morgan fingerprint density at radius 3 is 2.52 bits per heavy atom. The fraction of sp³-hybridized carbons (Fsp3) is 0.304. The number of nitrogens with one attached hydrogen (secondary N) is 3. The van der Waals surface area contributed by atoms with E-state index in [1.54, 1.807) is 0 Å². The molecule has 0 aliphatic heterocycles. The molecule has 6 nitrogen and oxygen atoms in total. The number of aromatic amines is 1. The van der Waals surface area contributed by atoms with Crippen LogP contribution in [0.4, 0.5) is 0 Å². The van der Waals surface area contributed by atoms with Crippen LogP contribution in [0.2, 0.25) is 0 Å². The van der Waals surface area contributed by atoms with Gasteiger partial charge in [-0.15, -0.1) is 0 Å². The van der Waals surface area contributed by atoms with Crippen molar-refractivity contribution in [2.45, 2.75) is 39.5 Å². The Balaban J connectivity index is 1.64. The van der Waals surface area contributed by atoms with Crippen molar-refractivity contribution in [2.75, 3.05) is 6.61 Å². The quantitative estimate of drug-likeness (QED) is 0.522. The first-order chi connectivity index (χ1) is 14.1. The summed E-state index contributed by atoms with van der Waals surface area (Å²) in [5, 5.41) is 6.76. The molecule has 0 saturated carbocycles. The number of hydrogen-bond acceptors (Lipinski definition) is 3. The van der Waals surface area contributed by atoms with E-state index < -0.39 is 6.04 Å². The van der Waals surface area contributed by atoms with Crippen molar-refractivity contribution in [1.82, 2.24) is 15.6 Å². The third-order valence-corrected chi connectivity index (χ3v) is 4.76. The second kappa shape index (κ2) is 9.89. The van der Waals surface area contributed by atoms with E-state index in [0.29, 0.717) is 26.2 Å². The first-order valence-electron chi connectivity index (χ1n) is 9.82. The van der Waals surface area contributed by atoms with Crippen molar-refractivity contribution in [1.29, 1.82) is 0 Å². The lowest BCUT2D eigenvalue weighted by atomic mass is 10.0. The van der Waals surface area contributed by atoms with Crippen LogP contribution >= 0.6 is 0 Å². The van der Waals surface area contributed by atoms with Crippen molar-refractivity contribution in [3.8, 4) is 0 Å². The Labute approximate surface area is 170 Å². The van der Waals surface area contributed by atoms with Gasteiger partial charge in [-0.1, -0.05) is 42.5 Å². The largest absolute Gasteiger partial charge is 0.377 e. The number of ether oxygens (including phenoxy) is 1. The number of para-hydroxylation sites is 1. The second-order valence-corrected chi connectivity index (χ2v) is 6.99. The van der Waals surface area contributed by atoms with Crippen molar-refractivity contribution in [2.24, 2.45) is 0 Å². The molecule has 0 saturated heterocycles. The fourth-order valence-electron chi connectivity index (χ4n) is 3.26. The molecule has 1 aromatic heterocycles. The van der Waals surface area contributed by atoms with Crippen molar-refractivity contribution < 1.29 is 14.3 Å². The minimum absolute atomic E-state index is 0.205. The van der Waals surface area contributed by atoms with Gasteiger partial charge in [-0.25, -0.2) is 0 Å². The molecule has 1 heterocycles. The second-order valence-electron chi connectivity index (χ2n) is 6.99. The smallest absolute Gasteiger partial charge is 0.243 e. The Bertz CT molecular complexity index is 963. The summed E-state index contributed by atoms with van der Waals surface area (Å²) < 4.78 is 5.39. The molecule has 0 radical (unpaired) electrons. The molecule has 6 heteroatoms. The van der Waals surface area contributed by atoms with E-state index >= 15 is 0 Å². The lowest BCUT2D eigenvalue weighted by molar-refractivity contribution is -0.128. The van der Waals surface area contributed by atoms with Gasteiger partial charge in [0.05, 0.1) is 6.61 Å². The standard InChI is InChI=1S/C23H27N3O3/c1-3-29-15-18-10-8-17(9-11-18)13-25-23(28)22(26-16(2)27)12-19-14-24-21-7-5-4-6-20(19)21/h4-11,14,22,24H,3,12-13,15H2,1-2H3,(H,25,28)(H,26,27). The van der Waals surface area contributed by atoms with Crippen LogP contribution in [0.5, 0.6) is 0 Å². The first-order valence-corrected chi connectivity index (χ1v) is 9.82. The third-order valence-electron chi connectivity index (χ3n) is 4.76. The number of rotatable bonds is 9. The van der Waals surface area contributed by atoms with Gasteiger partial charge in [0, 0.05) is 43.6 Å². The topological polar surface area (TPSA) is 83.2 Å². The highest BCUT2D eigenvalue weighted by Gasteiger charge is 2.21. The summed E-state index contributed by atoms with van der Waals surface area (Å²) >= 11 is 0. The van der Waals surface area contributed by atoms with Crippen LogP contribution in [-0.4, -0.2) is 29.4 Å². The van der Waals surface area contributed by atoms with Gasteiger partial charge in [0.1, 0.15) is 6.04 Å². The number of hydrogen-bond donors (Lipinski definition) is 3. The SMILES string of the molecule is CCOCc1ccc(CNC(=O)C(Cc2c[nH]c3ccccc23)NC(C)=O)cc1. The minimum atomic E-state index is -0.635. The summed E-state index contributed by atoms with van der Waals surface area (Å²) in [6.45, 7) is 5.05. The Morgan fingerprint density at radius 1 is 1.07 bits per heavy atom. The highest BCUT2D eigenvalue weighted by Crippen LogP contribution is 2.19. The lowest BCUT2D eigenvalue weighted by Crippen LogP contribution is -2.47. The van der Waals surface area contributed by atoms with E-state index in [0.717, 1.165) is 27.6 Å². The maximum absolute atomic E-state index is 12.8. The molecular weight excluding hydrogens is 366 g/mol. The lowest BCUT2D eigenvalue weighted by Gasteiger charge is -2.17. The predicted molar refractivity (Wildman–Crippen MR) is 113 cm³/mol. The fourth-order valence-corrected chi connectivity index (χ4v) is 3.26. The van der Waals surface area contributed by atoms with Crippen LogP contribution in [0.15, 0.2) is 54.7 Å². The predicted octanol–water partition coefficient (Wildman–Crippen LogP) is 3.07. The molecular formula is C23H27N3O3. The molecule has 152 valence electrons. The molecule has 0 spiro atoms. The molecule has 2 amide bonds. The summed E-state index contributed by atoms with van der Waals surface area (Å²) in [5.74, 6) is -0.436. The number of amides is 2. The van der Waals surface area contributed by atoms with E-state index in [1.165, 1.54) is 6.92 Å². The van der Waals surface area contributed by atoms with E-state index in [4.69, 9.17) is 4.74 Å². The van der Waals surface area contributed by atoms with Gasteiger partial charge in [-0.05, 0) is 29.7 Å². The number of H-pyrrole nitrogens is 1. The highest BCUT2D eigenvalue weighted by atomic mass is 16.5. The van der Waals surface area contributed by atoms with E-state index in [9.17, 15) is 9.59 Å². The van der Waals surface area contributed by atoms with E-state index in [2.05, 4.69) is 15.6 Å². The molecule has 0 fully saturated rings. The Kier molecular flexibility index (Phi) is 7.03. The Hall–Kier alpha value is -3.12. The molecule has 2 aromatic carbocycles. The van der Waals surface area contributed by atoms with Crippen LogP contribution in [0.1, 0.15) is 30.5 Å². The van der Waals surface area contributed by atoms with Crippen molar-refractivity contribution >= 4 is 22.7 Å². The molecule has 0 aliphatic rings. The monoisotopic (exact) mass is 393 g/mol.